The quantitative estimate of drug-likeness (QED) is 0.773. The number of aromatic nitrogens is 1. The lowest BCUT2D eigenvalue weighted by atomic mass is 10.3. The molecule has 0 saturated carbocycles. The van der Waals surface area contributed by atoms with E-state index in [0.717, 1.165) is 30.9 Å². The summed E-state index contributed by atoms with van der Waals surface area (Å²) in [6.07, 6.45) is 3.93. The minimum atomic E-state index is 0.629. The van der Waals surface area contributed by atoms with Gasteiger partial charge in [0.15, 0.2) is 0 Å². The highest BCUT2D eigenvalue weighted by Crippen LogP contribution is 2.13. The summed E-state index contributed by atoms with van der Waals surface area (Å²) < 4.78 is 4.97. The summed E-state index contributed by atoms with van der Waals surface area (Å²) in [5, 5.41) is 3.22. The number of hydrogen-bond acceptors (Lipinski definition) is 4. The van der Waals surface area contributed by atoms with Crippen LogP contribution in [0.1, 0.15) is 12.8 Å². The first kappa shape index (κ1) is 8.99. The largest absolute Gasteiger partial charge is 0.481 e. The fraction of sp³-hybridized carbons (Fsp3) is 0.400. The van der Waals surface area contributed by atoms with Crippen LogP contribution in [-0.4, -0.2) is 24.5 Å². The predicted molar refractivity (Wildman–Crippen MR) is 55.9 cm³/mol. The van der Waals surface area contributed by atoms with E-state index in [2.05, 4.69) is 15.3 Å². The second kappa shape index (κ2) is 4.09. The van der Waals surface area contributed by atoms with Gasteiger partial charge in [0, 0.05) is 19.0 Å². The van der Waals surface area contributed by atoms with Crippen LogP contribution in [0.3, 0.4) is 0 Å². The molecular formula is C10H13N3O. The summed E-state index contributed by atoms with van der Waals surface area (Å²) in [7, 11) is 1.61. The van der Waals surface area contributed by atoms with Crippen LogP contribution in [0.2, 0.25) is 0 Å². The Labute approximate surface area is 83.0 Å². The molecule has 1 aromatic rings. The van der Waals surface area contributed by atoms with E-state index in [1.165, 1.54) is 0 Å². The van der Waals surface area contributed by atoms with E-state index in [9.17, 15) is 0 Å². The highest BCUT2D eigenvalue weighted by atomic mass is 16.5. The Morgan fingerprint density at radius 1 is 1.43 bits per heavy atom. The first-order valence-corrected chi connectivity index (χ1v) is 4.69. The molecular weight excluding hydrogens is 178 g/mol. The topological polar surface area (TPSA) is 46.5 Å². The Morgan fingerprint density at radius 3 is 2.93 bits per heavy atom. The standard InChI is InChI=1S/C10H13N3O/c1-14-10-5-4-8(7-12-10)13-9-3-2-6-11-9/h4-5,7H,2-3,6H2,1H3,(H,11,13). The molecule has 0 spiro atoms. The summed E-state index contributed by atoms with van der Waals surface area (Å²) in [4.78, 5) is 8.42. The van der Waals surface area contributed by atoms with Crippen molar-refractivity contribution in [1.29, 1.82) is 0 Å². The molecule has 1 aliphatic heterocycles. The molecule has 1 aromatic heterocycles. The Hall–Kier alpha value is -1.58. The van der Waals surface area contributed by atoms with Crippen molar-refractivity contribution in [3.63, 3.8) is 0 Å². The number of methoxy groups -OCH3 is 1. The highest BCUT2D eigenvalue weighted by Gasteiger charge is 2.05. The first-order chi connectivity index (χ1) is 6.88. The Morgan fingerprint density at radius 2 is 2.36 bits per heavy atom. The minimum Gasteiger partial charge on any atom is -0.481 e. The van der Waals surface area contributed by atoms with Crippen molar-refractivity contribution >= 4 is 11.5 Å². The number of rotatable bonds is 2. The van der Waals surface area contributed by atoms with Gasteiger partial charge in [-0.15, -0.1) is 0 Å². The van der Waals surface area contributed by atoms with Gasteiger partial charge in [-0.05, 0) is 12.5 Å². The fourth-order valence-corrected chi connectivity index (χ4v) is 1.38. The molecule has 1 aliphatic rings. The van der Waals surface area contributed by atoms with Gasteiger partial charge in [-0.3, -0.25) is 4.99 Å². The maximum absolute atomic E-state index is 4.97. The number of aliphatic imine (C=N–C) groups is 1. The van der Waals surface area contributed by atoms with Crippen LogP contribution in [0.5, 0.6) is 5.88 Å². The zero-order chi connectivity index (χ0) is 9.80. The monoisotopic (exact) mass is 191 g/mol. The number of nitrogens with one attached hydrogen (secondary N) is 1. The zero-order valence-corrected chi connectivity index (χ0v) is 8.16. The van der Waals surface area contributed by atoms with Crippen LogP contribution in [-0.2, 0) is 0 Å². The van der Waals surface area contributed by atoms with Gasteiger partial charge in [-0.25, -0.2) is 4.98 Å². The second-order valence-corrected chi connectivity index (χ2v) is 3.15. The van der Waals surface area contributed by atoms with E-state index in [0.29, 0.717) is 5.88 Å². The third-order valence-electron chi connectivity index (χ3n) is 2.11. The SMILES string of the molecule is COc1ccc(NC2=NCCC2)cn1. The second-order valence-electron chi connectivity index (χ2n) is 3.15. The van der Waals surface area contributed by atoms with Gasteiger partial charge in [0.05, 0.1) is 19.0 Å². The van der Waals surface area contributed by atoms with Crippen molar-refractivity contribution in [1.82, 2.24) is 4.98 Å². The fourth-order valence-electron chi connectivity index (χ4n) is 1.38. The molecule has 0 bridgehead atoms. The summed E-state index contributed by atoms with van der Waals surface area (Å²) in [6, 6.07) is 3.77. The summed E-state index contributed by atoms with van der Waals surface area (Å²) in [5.74, 6) is 1.68. The third-order valence-corrected chi connectivity index (χ3v) is 2.11. The molecule has 4 nitrogen and oxygen atoms in total. The highest BCUT2D eigenvalue weighted by molar-refractivity contribution is 5.96. The molecule has 74 valence electrons. The number of anilines is 1. The molecule has 0 saturated heterocycles. The average molecular weight is 191 g/mol. The summed E-state index contributed by atoms with van der Waals surface area (Å²) >= 11 is 0. The Bertz CT molecular complexity index is 332. The van der Waals surface area contributed by atoms with Crippen molar-refractivity contribution in [2.45, 2.75) is 12.8 Å². The molecule has 2 heterocycles. The number of pyridine rings is 1. The molecule has 1 N–H and O–H groups in total. The average Bonchev–Trinajstić information content (AvgIpc) is 2.72. The smallest absolute Gasteiger partial charge is 0.213 e. The number of hydrogen-bond donors (Lipinski definition) is 1. The van der Waals surface area contributed by atoms with Crippen LogP contribution in [0.25, 0.3) is 0 Å². The van der Waals surface area contributed by atoms with Crippen LogP contribution >= 0.6 is 0 Å². The molecule has 14 heavy (non-hydrogen) atoms. The van der Waals surface area contributed by atoms with Gasteiger partial charge in [0.2, 0.25) is 5.88 Å². The van der Waals surface area contributed by atoms with E-state index in [1.54, 1.807) is 13.3 Å². The van der Waals surface area contributed by atoms with Crippen LogP contribution < -0.4 is 10.1 Å². The lowest BCUT2D eigenvalue weighted by Crippen LogP contribution is -2.08. The maximum atomic E-state index is 4.97. The van der Waals surface area contributed by atoms with Gasteiger partial charge in [0.25, 0.3) is 0 Å². The van der Waals surface area contributed by atoms with Gasteiger partial charge < -0.3 is 10.1 Å². The lowest BCUT2D eigenvalue weighted by molar-refractivity contribution is 0.398. The predicted octanol–water partition coefficient (Wildman–Crippen LogP) is 1.69. The van der Waals surface area contributed by atoms with E-state index in [1.807, 2.05) is 12.1 Å². The van der Waals surface area contributed by atoms with E-state index in [4.69, 9.17) is 4.74 Å². The molecule has 0 radical (unpaired) electrons. The molecule has 0 fully saturated rings. The maximum Gasteiger partial charge on any atom is 0.213 e. The van der Waals surface area contributed by atoms with Crippen LogP contribution in [0.15, 0.2) is 23.3 Å². The molecule has 2 rings (SSSR count). The number of ether oxygens (including phenoxy) is 1. The van der Waals surface area contributed by atoms with E-state index >= 15 is 0 Å². The molecule has 0 aromatic carbocycles. The summed E-state index contributed by atoms with van der Waals surface area (Å²) in [6.45, 7) is 0.936. The van der Waals surface area contributed by atoms with Gasteiger partial charge in [0.1, 0.15) is 5.84 Å². The zero-order valence-electron chi connectivity index (χ0n) is 8.16. The normalized spacial score (nSPS) is 15.1. The van der Waals surface area contributed by atoms with Crippen LogP contribution in [0, 0.1) is 0 Å². The Kier molecular flexibility index (Phi) is 2.62. The minimum absolute atomic E-state index is 0.629. The third kappa shape index (κ3) is 2.02. The molecule has 0 atom stereocenters. The molecule has 0 amide bonds. The van der Waals surface area contributed by atoms with Crippen molar-refractivity contribution < 1.29 is 4.74 Å². The van der Waals surface area contributed by atoms with Crippen molar-refractivity contribution in [2.24, 2.45) is 4.99 Å². The van der Waals surface area contributed by atoms with Crippen LogP contribution in [0.4, 0.5) is 5.69 Å². The van der Waals surface area contributed by atoms with E-state index < -0.39 is 0 Å². The van der Waals surface area contributed by atoms with Crippen molar-refractivity contribution in [3.05, 3.63) is 18.3 Å². The van der Waals surface area contributed by atoms with Crippen molar-refractivity contribution in [3.8, 4) is 5.88 Å². The van der Waals surface area contributed by atoms with Crippen molar-refractivity contribution in [2.75, 3.05) is 19.0 Å². The molecule has 0 aliphatic carbocycles. The molecule has 4 heteroatoms. The lowest BCUT2D eigenvalue weighted by Gasteiger charge is -2.05. The Balaban J connectivity index is 2.02. The van der Waals surface area contributed by atoms with Gasteiger partial charge in [-0.2, -0.15) is 0 Å². The van der Waals surface area contributed by atoms with E-state index in [-0.39, 0.29) is 0 Å². The first-order valence-electron chi connectivity index (χ1n) is 4.69. The number of nitrogens with zero attached hydrogens (tertiary/aromatic N) is 2. The van der Waals surface area contributed by atoms with Gasteiger partial charge >= 0.3 is 0 Å². The summed E-state index contributed by atoms with van der Waals surface area (Å²) in [5.41, 5.74) is 0.964. The van der Waals surface area contributed by atoms with Gasteiger partial charge in [-0.1, -0.05) is 0 Å². The molecule has 0 unspecified atom stereocenters. The number of amidine groups is 1.